The van der Waals surface area contributed by atoms with Crippen molar-refractivity contribution in [3.8, 4) is 0 Å². The van der Waals surface area contributed by atoms with Gasteiger partial charge in [0.05, 0.1) is 11.4 Å². The number of amides is 1. The first-order chi connectivity index (χ1) is 12.9. The van der Waals surface area contributed by atoms with Gasteiger partial charge in [0.15, 0.2) is 0 Å². The zero-order chi connectivity index (χ0) is 19.4. The van der Waals surface area contributed by atoms with Gasteiger partial charge in [-0.25, -0.2) is 8.42 Å². The van der Waals surface area contributed by atoms with Gasteiger partial charge in [-0.05, 0) is 45.0 Å². The number of hydrogen-bond acceptors (Lipinski definition) is 5. The fourth-order valence-electron chi connectivity index (χ4n) is 3.79. The number of carbonyl (C=O) groups excluding carboxylic acids is 1. The third-order valence-electron chi connectivity index (χ3n) is 5.48. The average Bonchev–Trinajstić information content (AvgIpc) is 3.12. The van der Waals surface area contributed by atoms with E-state index < -0.39 is 10.0 Å². The van der Waals surface area contributed by atoms with Crippen molar-refractivity contribution in [2.45, 2.75) is 18.2 Å². The molecule has 1 amide bonds. The maximum atomic E-state index is 12.8. The molecule has 2 fully saturated rings. The lowest BCUT2D eigenvalue weighted by atomic mass is 10.1. The number of carbonyl (C=O) groups is 1. The molecule has 0 radical (unpaired) electrons. The van der Waals surface area contributed by atoms with Crippen LogP contribution in [0.3, 0.4) is 0 Å². The van der Waals surface area contributed by atoms with E-state index in [1.807, 2.05) is 31.0 Å². The molecule has 29 heavy (non-hydrogen) atoms. The molecule has 1 aromatic rings. The monoisotopic (exact) mass is 466 g/mol. The predicted molar refractivity (Wildman–Crippen MR) is 119 cm³/mol. The summed E-state index contributed by atoms with van der Waals surface area (Å²) in [5.41, 5.74) is 1.04. The minimum atomic E-state index is -3.46. The Balaban J connectivity index is 0.00000210. The van der Waals surface area contributed by atoms with Gasteiger partial charge < -0.3 is 10.2 Å². The second-order valence-corrected chi connectivity index (χ2v) is 9.48. The number of benzene rings is 1. The maximum Gasteiger partial charge on any atom is 0.243 e. The first-order valence-electron chi connectivity index (χ1n) is 9.61. The SMILES string of the molecule is CNCC1CCN(C(=O)CN2CCN(S(=O)(=O)c3ccc(C)cc3)CC2)C1.Cl.Cl. The highest BCUT2D eigenvalue weighted by Gasteiger charge is 2.31. The molecular formula is C19H32Cl2N4O3S. The first kappa shape index (κ1) is 26.1. The van der Waals surface area contributed by atoms with E-state index in [4.69, 9.17) is 0 Å². The highest BCUT2D eigenvalue weighted by atomic mass is 35.5. The molecule has 1 aromatic carbocycles. The Morgan fingerprint density at radius 3 is 2.28 bits per heavy atom. The van der Waals surface area contributed by atoms with Crippen molar-refractivity contribution in [3.63, 3.8) is 0 Å². The standard InChI is InChI=1S/C19H30N4O3S.2ClH/c1-16-3-5-18(6-4-16)27(25,26)23-11-9-21(10-12-23)15-19(24)22-8-7-17(14-22)13-20-2;;/h3-6,17,20H,7-15H2,1-2H3;2*1H. The molecule has 1 unspecified atom stereocenters. The fraction of sp³-hybridized carbons (Fsp3) is 0.632. The zero-order valence-corrected chi connectivity index (χ0v) is 19.5. The van der Waals surface area contributed by atoms with Gasteiger partial charge in [-0.2, -0.15) is 4.31 Å². The minimum absolute atomic E-state index is 0. The summed E-state index contributed by atoms with van der Waals surface area (Å²) in [5.74, 6) is 0.693. The number of piperazine rings is 1. The molecule has 0 bridgehead atoms. The Morgan fingerprint density at radius 2 is 1.69 bits per heavy atom. The highest BCUT2D eigenvalue weighted by molar-refractivity contribution is 7.89. The highest BCUT2D eigenvalue weighted by Crippen LogP contribution is 2.19. The number of hydrogen-bond donors (Lipinski definition) is 1. The van der Waals surface area contributed by atoms with Crippen LogP contribution in [0.15, 0.2) is 29.2 Å². The molecule has 10 heteroatoms. The molecule has 0 aliphatic carbocycles. The van der Waals surface area contributed by atoms with E-state index >= 15 is 0 Å². The molecule has 2 heterocycles. The molecular weight excluding hydrogens is 435 g/mol. The van der Waals surface area contributed by atoms with Crippen molar-refractivity contribution < 1.29 is 13.2 Å². The molecule has 2 aliphatic rings. The van der Waals surface area contributed by atoms with Crippen molar-refractivity contribution in [3.05, 3.63) is 29.8 Å². The Morgan fingerprint density at radius 1 is 1.07 bits per heavy atom. The summed E-state index contributed by atoms with van der Waals surface area (Å²) in [5, 5.41) is 3.18. The van der Waals surface area contributed by atoms with Crippen LogP contribution in [0.4, 0.5) is 0 Å². The lowest BCUT2D eigenvalue weighted by Gasteiger charge is -2.34. The predicted octanol–water partition coefficient (Wildman–Crippen LogP) is 1.21. The van der Waals surface area contributed by atoms with Gasteiger partial charge in [0.25, 0.3) is 0 Å². The number of nitrogens with one attached hydrogen (secondary N) is 1. The smallest absolute Gasteiger partial charge is 0.243 e. The second kappa shape index (κ2) is 11.5. The van der Waals surface area contributed by atoms with Crippen LogP contribution in [0.2, 0.25) is 0 Å². The van der Waals surface area contributed by atoms with Crippen molar-refractivity contribution >= 4 is 40.7 Å². The van der Waals surface area contributed by atoms with E-state index in [2.05, 4.69) is 10.2 Å². The molecule has 3 rings (SSSR count). The van der Waals surface area contributed by atoms with Crippen LogP contribution in [0.25, 0.3) is 0 Å². The minimum Gasteiger partial charge on any atom is -0.341 e. The van der Waals surface area contributed by atoms with Crippen LogP contribution in [-0.2, 0) is 14.8 Å². The van der Waals surface area contributed by atoms with Gasteiger partial charge in [0.2, 0.25) is 15.9 Å². The van der Waals surface area contributed by atoms with E-state index in [9.17, 15) is 13.2 Å². The molecule has 2 aliphatic heterocycles. The number of nitrogens with zero attached hydrogens (tertiary/aromatic N) is 3. The largest absolute Gasteiger partial charge is 0.341 e. The number of aryl methyl sites for hydroxylation is 1. The summed E-state index contributed by atoms with van der Waals surface area (Å²) in [6.07, 6.45) is 1.05. The van der Waals surface area contributed by atoms with Crippen LogP contribution in [-0.4, -0.2) is 87.8 Å². The fourth-order valence-corrected chi connectivity index (χ4v) is 5.22. The second-order valence-electron chi connectivity index (χ2n) is 7.55. The van der Waals surface area contributed by atoms with Crippen molar-refractivity contribution in [2.75, 3.05) is 59.4 Å². The molecule has 0 saturated carbocycles. The Hall–Kier alpha value is -0.900. The molecule has 0 spiro atoms. The molecule has 166 valence electrons. The first-order valence-corrected chi connectivity index (χ1v) is 11.1. The van der Waals surface area contributed by atoms with Crippen molar-refractivity contribution in [2.24, 2.45) is 5.92 Å². The topological polar surface area (TPSA) is 73.0 Å². The lowest BCUT2D eigenvalue weighted by molar-refractivity contribution is -0.131. The van der Waals surface area contributed by atoms with Gasteiger partial charge in [0, 0.05) is 39.3 Å². The summed E-state index contributed by atoms with van der Waals surface area (Å²) >= 11 is 0. The molecule has 2 saturated heterocycles. The third-order valence-corrected chi connectivity index (χ3v) is 7.39. The molecule has 1 N–H and O–H groups in total. The third kappa shape index (κ3) is 6.54. The lowest BCUT2D eigenvalue weighted by Crippen LogP contribution is -2.51. The van der Waals surface area contributed by atoms with Crippen LogP contribution >= 0.6 is 24.8 Å². The maximum absolute atomic E-state index is 12.8. The normalized spacial score (nSPS) is 20.8. The van der Waals surface area contributed by atoms with E-state index in [1.165, 1.54) is 4.31 Å². The van der Waals surface area contributed by atoms with E-state index in [0.29, 0.717) is 43.5 Å². The molecule has 0 aromatic heterocycles. The number of sulfonamides is 1. The van der Waals surface area contributed by atoms with E-state index in [-0.39, 0.29) is 30.7 Å². The van der Waals surface area contributed by atoms with E-state index in [1.54, 1.807) is 12.1 Å². The van der Waals surface area contributed by atoms with Crippen LogP contribution in [0, 0.1) is 12.8 Å². The summed E-state index contributed by atoms with van der Waals surface area (Å²) < 4.78 is 27.0. The van der Waals surface area contributed by atoms with Crippen LogP contribution in [0.5, 0.6) is 0 Å². The molecule has 1 atom stereocenters. The summed E-state index contributed by atoms with van der Waals surface area (Å²) in [7, 11) is -1.52. The summed E-state index contributed by atoms with van der Waals surface area (Å²) in [4.78, 5) is 16.9. The van der Waals surface area contributed by atoms with Crippen molar-refractivity contribution in [1.29, 1.82) is 0 Å². The van der Waals surface area contributed by atoms with E-state index in [0.717, 1.165) is 31.6 Å². The summed E-state index contributed by atoms with van der Waals surface area (Å²) in [6, 6.07) is 6.96. The molecule has 7 nitrogen and oxygen atoms in total. The number of halogens is 2. The number of rotatable bonds is 6. The van der Waals surface area contributed by atoms with Crippen molar-refractivity contribution in [1.82, 2.24) is 19.4 Å². The average molecular weight is 467 g/mol. The summed E-state index contributed by atoms with van der Waals surface area (Å²) in [6.45, 7) is 6.93. The van der Waals surface area contributed by atoms with Gasteiger partial charge in [-0.3, -0.25) is 9.69 Å². The zero-order valence-electron chi connectivity index (χ0n) is 17.0. The van der Waals surface area contributed by atoms with Crippen LogP contribution < -0.4 is 5.32 Å². The Bertz CT molecular complexity index is 753. The van der Waals surface area contributed by atoms with Gasteiger partial charge in [0.1, 0.15) is 0 Å². The van der Waals surface area contributed by atoms with Gasteiger partial charge in [-0.15, -0.1) is 24.8 Å². The Labute approximate surface area is 186 Å². The Kier molecular flexibility index (Phi) is 10.3. The number of likely N-dealkylation sites (tertiary alicyclic amines) is 1. The quantitative estimate of drug-likeness (QED) is 0.681. The van der Waals surface area contributed by atoms with Gasteiger partial charge in [-0.1, -0.05) is 17.7 Å². The van der Waals surface area contributed by atoms with Crippen LogP contribution in [0.1, 0.15) is 12.0 Å². The van der Waals surface area contributed by atoms with Gasteiger partial charge >= 0.3 is 0 Å².